The highest BCUT2D eigenvalue weighted by molar-refractivity contribution is 7.93. The number of piperidine rings is 2. The topological polar surface area (TPSA) is 135 Å². The average molecular weight is 501 g/mol. The van der Waals surface area contributed by atoms with E-state index in [0.29, 0.717) is 31.0 Å². The van der Waals surface area contributed by atoms with Crippen LogP contribution in [0.3, 0.4) is 0 Å². The van der Waals surface area contributed by atoms with Gasteiger partial charge in [-0.3, -0.25) is 9.69 Å². The third-order valence-electron chi connectivity index (χ3n) is 8.18. The van der Waals surface area contributed by atoms with Gasteiger partial charge in [0.15, 0.2) is 15.5 Å². The van der Waals surface area contributed by atoms with Gasteiger partial charge in [-0.05, 0) is 63.6 Å². The van der Waals surface area contributed by atoms with Crippen LogP contribution in [-0.2, 0) is 9.84 Å². The Morgan fingerprint density at radius 2 is 2.03 bits per heavy atom. The summed E-state index contributed by atoms with van der Waals surface area (Å²) in [5, 5.41) is 7.04. The van der Waals surface area contributed by atoms with Crippen LogP contribution in [0.1, 0.15) is 67.1 Å². The lowest BCUT2D eigenvalue weighted by molar-refractivity contribution is -0.176. The van der Waals surface area contributed by atoms with Gasteiger partial charge in [0.2, 0.25) is 0 Å². The van der Waals surface area contributed by atoms with Gasteiger partial charge in [0.25, 0.3) is 5.91 Å². The van der Waals surface area contributed by atoms with Gasteiger partial charge in [0, 0.05) is 49.9 Å². The molecule has 1 saturated carbocycles. The maximum absolute atomic E-state index is 13.6. The Morgan fingerprint density at radius 3 is 2.66 bits per heavy atom. The second-order valence-electron chi connectivity index (χ2n) is 10.5. The van der Waals surface area contributed by atoms with Crippen molar-refractivity contribution in [2.75, 3.05) is 25.0 Å². The summed E-state index contributed by atoms with van der Waals surface area (Å²) in [6.45, 7) is 1.37. The molecule has 11 heteroatoms. The zero-order valence-electron chi connectivity index (χ0n) is 19.9. The first-order valence-electron chi connectivity index (χ1n) is 12.5. The average Bonchev–Trinajstić information content (AvgIpc) is 3.55. The Kier molecular flexibility index (Phi) is 5.42. The second kappa shape index (κ2) is 8.28. The van der Waals surface area contributed by atoms with E-state index < -0.39 is 14.7 Å². The minimum atomic E-state index is -3.53. The minimum absolute atomic E-state index is 0.0147. The van der Waals surface area contributed by atoms with Crippen molar-refractivity contribution in [3.8, 4) is 0 Å². The largest absolute Gasteiger partial charge is 0.360 e. The van der Waals surface area contributed by atoms with Gasteiger partial charge in [-0.1, -0.05) is 5.16 Å². The maximum Gasteiger partial charge on any atom is 0.273 e. The molecule has 2 aromatic rings. The molecule has 3 N–H and O–H groups in total. The van der Waals surface area contributed by atoms with Crippen LogP contribution < -0.4 is 16.0 Å². The SMILES string of the molecule is CN(CCCN)c1ccc(S(=O)(=O)C23CC4CC(NC(=O)c5cc(C6CC6)on5)CC(C2)N43)cn1. The van der Waals surface area contributed by atoms with E-state index in [1.165, 1.54) is 6.20 Å². The molecule has 1 aliphatic carbocycles. The lowest BCUT2D eigenvalue weighted by Gasteiger charge is -2.72. The van der Waals surface area contributed by atoms with Gasteiger partial charge in [-0.15, -0.1) is 0 Å². The van der Waals surface area contributed by atoms with Crippen molar-refractivity contribution in [2.24, 2.45) is 5.73 Å². The maximum atomic E-state index is 13.6. The molecule has 0 radical (unpaired) electrons. The first-order chi connectivity index (χ1) is 16.8. The third kappa shape index (κ3) is 3.66. The Labute approximate surface area is 205 Å². The molecule has 4 fully saturated rings. The second-order valence-corrected chi connectivity index (χ2v) is 12.8. The predicted molar refractivity (Wildman–Crippen MR) is 129 cm³/mol. The van der Waals surface area contributed by atoms with Crippen LogP contribution in [0.5, 0.6) is 0 Å². The van der Waals surface area contributed by atoms with Crippen LogP contribution >= 0.6 is 0 Å². The Hall–Kier alpha value is -2.50. The van der Waals surface area contributed by atoms with Crippen molar-refractivity contribution in [2.45, 2.75) is 78.8 Å². The van der Waals surface area contributed by atoms with Gasteiger partial charge < -0.3 is 20.5 Å². The van der Waals surface area contributed by atoms with Gasteiger partial charge in [0.05, 0.1) is 4.90 Å². The number of nitrogens with two attached hydrogens (primary N) is 1. The molecule has 6 rings (SSSR count). The van der Waals surface area contributed by atoms with Crippen LogP contribution in [0.25, 0.3) is 0 Å². The molecule has 35 heavy (non-hydrogen) atoms. The number of carbonyl (C=O) groups excluding carboxylic acids is 1. The summed E-state index contributed by atoms with van der Waals surface area (Å²) in [6, 6.07) is 5.54. The molecular formula is C24H32N6O4S. The number of pyridine rings is 1. The first-order valence-corrected chi connectivity index (χ1v) is 14.0. The number of carbonyl (C=O) groups is 1. The van der Waals surface area contributed by atoms with Crippen molar-refractivity contribution in [1.82, 2.24) is 20.4 Å². The number of hydrogen-bond acceptors (Lipinski definition) is 9. The number of nitrogens with zero attached hydrogens (tertiary/aromatic N) is 4. The van der Waals surface area contributed by atoms with E-state index in [2.05, 4.69) is 20.4 Å². The van der Waals surface area contributed by atoms with Crippen molar-refractivity contribution in [3.63, 3.8) is 0 Å². The molecule has 0 bridgehead atoms. The van der Waals surface area contributed by atoms with E-state index in [0.717, 1.165) is 50.2 Å². The highest BCUT2D eigenvalue weighted by Crippen LogP contribution is 2.60. The normalized spacial score (nSPS) is 29.6. The minimum Gasteiger partial charge on any atom is -0.360 e. The van der Waals surface area contributed by atoms with Gasteiger partial charge >= 0.3 is 0 Å². The standard InChI is InChI=1S/C24H32N6O4S/c1-29(8-2-7-25)22-6-5-19(14-26-22)35(32,33)24-12-17-9-16(10-18(13-24)30(17)24)27-23(31)20-11-21(34-28-20)15-3-4-15/h5-6,11,14-18H,2-4,7-10,12-13,25H2,1H3,(H,27,31). The zero-order valence-corrected chi connectivity index (χ0v) is 20.7. The summed E-state index contributed by atoms with van der Waals surface area (Å²) in [7, 11) is -1.61. The zero-order chi connectivity index (χ0) is 24.4. The molecule has 188 valence electrons. The van der Waals surface area contributed by atoms with Crippen molar-refractivity contribution < 1.29 is 17.7 Å². The molecular weight excluding hydrogens is 468 g/mol. The Balaban J connectivity index is 1.09. The number of aromatic nitrogens is 2. The molecule has 5 heterocycles. The smallest absolute Gasteiger partial charge is 0.273 e. The summed E-state index contributed by atoms with van der Waals surface area (Å²) in [5.41, 5.74) is 5.91. The van der Waals surface area contributed by atoms with Crippen LogP contribution in [0.15, 0.2) is 33.8 Å². The van der Waals surface area contributed by atoms with E-state index in [1.54, 1.807) is 18.2 Å². The van der Waals surface area contributed by atoms with Gasteiger partial charge in [-0.25, -0.2) is 13.4 Å². The summed E-state index contributed by atoms with van der Waals surface area (Å²) < 4.78 is 32.5. The number of hydrogen-bond donors (Lipinski definition) is 2. The summed E-state index contributed by atoms with van der Waals surface area (Å²) in [5.74, 6) is 1.73. The summed E-state index contributed by atoms with van der Waals surface area (Å²) in [4.78, 5) is 20.7. The van der Waals surface area contributed by atoms with Gasteiger partial charge in [0.1, 0.15) is 16.4 Å². The fourth-order valence-corrected chi connectivity index (χ4v) is 8.50. The highest BCUT2D eigenvalue weighted by atomic mass is 32.2. The monoisotopic (exact) mass is 500 g/mol. The van der Waals surface area contributed by atoms with E-state index >= 15 is 0 Å². The van der Waals surface area contributed by atoms with E-state index in [1.807, 2.05) is 11.9 Å². The summed E-state index contributed by atoms with van der Waals surface area (Å²) >= 11 is 0. The van der Waals surface area contributed by atoms with Crippen LogP contribution in [0.4, 0.5) is 5.82 Å². The number of rotatable bonds is 9. The van der Waals surface area contributed by atoms with Crippen molar-refractivity contribution in [1.29, 1.82) is 0 Å². The first kappa shape index (κ1) is 22.9. The van der Waals surface area contributed by atoms with E-state index in [4.69, 9.17) is 10.3 Å². The Morgan fingerprint density at radius 1 is 1.29 bits per heavy atom. The number of sulfone groups is 1. The van der Waals surface area contributed by atoms with Gasteiger partial charge in [-0.2, -0.15) is 0 Å². The predicted octanol–water partition coefficient (Wildman–Crippen LogP) is 1.64. The lowest BCUT2D eigenvalue weighted by atomic mass is 9.67. The molecule has 4 aliphatic rings. The quantitative estimate of drug-likeness (QED) is 0.527. The third-order valence-corrected chi connectivity index (χ3v) is 10.6. The van der Waals surface area contributed by atoms with Crippen LogP contribution in [-0.4, -0.2) is 72.5 Å². The molecule has 2 aromatic heterocycles. The molecule has 1 amide bonds. The number of anilines is 1. The fourth-order valence-electron chi connectivity index (χ4n) is 6.22. The van der Waals surface area contributed by atoms with Crippen molar-refractivity contribution in [3.05, 3.63) is 35.9 Å². The Bertz CT molecular complexity index is 1210. The highest BCUT2D eigenvalue weighted by Gasteiger charge is 2.71. The number of amides is 1. The van der Waals surface area contributed by atoms with E-state index in [9.17, 15) is 13.2 Å². The van der Waals surface area contributed by atoms with Crippen LogP contribution in [0, 0.1) is 0 Å². The molecule has 0 aromatic carbocycles. The molecule has 0 spiro atoms. The molecule has 3 aliphatic heterocycles. The molecule has 10 nitrogen and oxygen atoms in total. The molecule has 3 saturated heterocycles. The number of nitrogens with one attached hydrogen (secondary N) is 1. The van der Waals surface area contributed by atoms with Crippen molar-refractivity contribution >= 4 is 21.6 Å². The molecule has 2 unspecified atom stereocenters. The lowest BCUT2D eigenvalue weighted by Crippen LogP contribution is -2.84. The van der Waals surface area contributed by atoms with Crippen LogP contribution in [0.2, 0.25) is 0 Å². The fraction of sp³-hybridized carbons (Fsp3) is 0.625. The van der Waals surface area contributed by atoms with E-state index in [-0.39, 0.29) is 28.9 Å². The summed E-state index contributed by atoms with van der Waals surface area (Å²) in [6.07, 6.45) is 7.19. The molecule has 2 atom stereocenters.